The van der Waals surface area contributed by atoms with Crippen LogP contribution in [0.3, 0.4) is 0 Å². The quantitative estimate of drug-likeness (QED) is 0.634. The molecular weight excluding hydrogens is 428 g/mol. The summed E-state index contributed by atoms with van der Waals surface area (Å²) in [4.78, 5) is 17.0. The van der Waals surface area contributed by atoms with Crippen LogP contribution in [-0.2, 0) is 4.79 Å². The number of likely N-dealkylation sites (N-methyl/N-ethyl adjacent to an activating group) is 1. The van der Waals surface area contributed by atoms with Gasteiger partial charge in [-0.2, -0.15) is 8.78 Å². The number of benzene rings is 2. The van der Waals surface area contributed by atoms with Gasteiger partial charge in [-0.25, -0.2) is 0 Å². The second-order valence-corrected chi connectivity index (χ2v) is 7.50. The molecule has 6 nitrogen and oxygen atoms in total. The summed E-state index contributed by atoms with van der Waals surface area (Å²) in [6.45, 7) is 0.618. The molecular formula is C22H24ClF2N3O3. The topological polar surface area (TPSA) is 54.0 Å². The first kappa shape index (κ1) is 22.8. The van der Waals surface area contributed by atoms with Gasteiger partial charge in [-0.05, 0) is 49.0 Å². The number of halogens is 3. The molecule has 0 bridgehead atoms. The average molecular weight is 452 g/mol. The standard InChI is InChI=1S/C22H24ClF2N3O3/c1-27-9-11-28(12-10-27)18-6-5-16(23)14-17(18)26-21(29)8-4-15-3-7-19(31-22(24)25)20(13-15)30-2/h3-8,13-14,22H,9-12H2,1-2H3,(H,26,29)/b8-4+. The van der Waals surface area contributed by atoms with Crippen LogP contribution in [0.5, 0.6) is 11.5 Å². The largest absolute Gasteiger partial charge is 0.493 e. The molecule has 2 aromatic carbocycles. The normalized spacial score (nSPS) is 14.8. The Morgan fingerprint density at radius 1 is 1.13 bits per heavy atom. The highest BCUT2D eigenvalue weighted by Crippen LogP contribution is 2.31. The maximum atomic E-state index is 12.5. The number of hydrogen-bond donors (Lipinski definition) is 1. The number of anilines is 2. The third-order valence-corrected chi connectivity index (χ3v) is 5.13. The van der Waals surface area contributed by atoms with Gasteiger partial charge >= 0.3 is 6.61 Å². The Balaban J connectivity index is 1.72. The van der Waals surface area contributed by atoms with E-state index in [9.17, 15) is 13.6 Å². The predicted octanol–water partition coefficient (Wildman–Crippen LogP) is 4.35. The van der Waals surface area contributed by atoms with E-state index in [0.717, 1.165) is 31.9 Å². The van der Waals surface area contributed by atoms with Gasteiger partial charge in [0.25, 0.3) is 0 Å². The fourth-order valence-electron chi connectivity index (χ4n) is 3.26. The molecule has 2 aromatic rings. The molecule has 1 saturated heterocycles. The van der Waals surface area contributed by atoms with Crippen LogP contribution in [0.4, 0.5) is 20.2 Å². The van der Waals surface area contributed by atoms with Crippen molar-refractivity contribution in [2.75, 3.05) is 50.6 Å². The minimum atomic E-state index is -2.95. The van der Waals surface area contributed by atoms with Gasteiger partial charge in [-0.15, -0.1) is 0 Å². The summed E-state index contributed by atoms with van der Waals surface area (Å²) in [7, 11) is 3.43. The molecule has 0 aromatic heterocycles. The molecule has 9 heteroatoms. The lowest BCUT2D eigenvalue weighted by atomic mass is 10.2. The lowest BCUT2D eigenvalue weighted by Crippen LogP contribution is -2.44. The van der Waals surface area contributed by atoms with E-state index in [1.807, 2.05) is 6.07 Å². The van der Waals surface area contributed by atoms with Crippen LogP contribution in [0.25, 0.3) is 6.08 Å². The number of piperazine rings is 1. The lowest BCUT2D eigenvalue weighted by molar-refractivity contribution is -0.111. The van der Waals surface area contributed by atoms with Gasteiger partial charge in [0.1, 0.15) is 0 Å². The average Bonchev–Trinajstić information content (AvgIpc) is 2.73. The Hall–Kier alpha value is -2.84. The number of amides is 1. The number of hydrogen-bond acceptors (Lipinski definition) is 5. The molecule has 1 amide bonds. The fourth-order valence-corrected chi connectivity index (χ4v) is 3.43. The Bertz CT molecular complexity index is 948. The van der Waals surface area contributed by atoms with E-state index in [2.05, 4.69) is 26.9 Å². The second kappa shape index (κ2) is 10.5. The molecule has 166 valence electrons. The highest BCUT2D eigenvalue weighted by Gasteiger charge is 2.18. The summed E-state index contributed by atoms with van der Waals surface area (Å²) >= 11 is 6.14. The Morgan fingerprint density at radius 2 is 1.87 bits per heavy atom. The molecule has 1 heterocycles. The van der Waals surface area contributed by atoms with Crippen LogP contribution in [-0.4, -0.2) is 57.8 Å². The SMILES string of the molecule is COc1cc(/C=C/C(=O)Nc2cc(Cl)ccc2N2CCN(C)CC2)ccc1OC(F)F. The van der Waals surface area contributed by atoms with Crippen molar-refractivity contribution in [1.29, 1.82) is 0 Å². The number of methoxy groups -OCH3 is 1. The molecule has 1 N–H and O–H groups in total. The Kier molecular flexibility index (Phi) is 7.70. The van der Waals surface area contributed by atoms with Crippen molar-refractivity contribution in [2.24, 2.45) is 0 Å². The minimum Gasteiger partial charge on any atom is -0.493 e. The van der Waals surface area contributed by atoms with Crippen LogP contribution in [0, 0.1) is 0 Å². The molecule has 0 aliphatic carbocycles. The zero-order valence-electron chi connectivity index (χ0n) is 17.3. The van der Waals surface area contributed by atoms with Crippen molar-refractivity contribution in [3.8, 4) is 11.5 Å². The van der Waals surface area contributed by atoms with Crippen molar-refractivity contribution in [1.82, 2.24) is 4.90 Å². The molecule has 1 aliphatic heterocycles. The van der Waals surface area contributed by atoms with Crippen molar-refractivity contribution < 1.29 is 23.0 Å². The third kappa shape index (κ3) is 6.32. The summed E-state index contributed by atoms with van der Waals surface area (Å²) in [6.07, 6.45) is 2.92. The molecule has 0 unspecified atom stereocenters. The van der Waals surface area contributed by atoms with Gasteiger partial charge in [-0.1, -0.05) is 17.7 Å². The van der Waals surface area contributed by atoms with Gasteiger partial charge in [0.05, 0.1) is 18.5 Å². The number of alkyl halides is 2. The van der Waals surface area contributed by atoms with E-state index >= 15 is 0 Å². The minimum absolute atomic E-state index is 0.0742. The number of carbonyl (C=O) groups excluding carboxylic acids is 1. The van der Waals surface area contributed by atoms with E-state index in [4.69, 9.17) is 16.3 Å². The first-order valence-electron chi connectivity index (χ1n) is 9.70. The number of ether oxygens (including phenoxy) is 2. The van der Waals surface area contributed by atoms with E-state index in [1.165, 1.54) is 25.3 Å². The Labute approximate surface area is 185 Å². The monoisotopic (exact) mass is 451 g/mol. The predicted molar refractivity (Wildman–Crippen MR) is 118 cm³/mol. The maximum Gasteiger partial charge on any atom is 0.387 e. The molecule has 0 saturated carbocycles. The van der Waals surface area contributed by atoms with E-state index < -0.39 is 6.61 Å². The smallest absolute Gasteiger partial charge is 0.387 e. The molecule has 3 rings (SSSR count). The summed E-state index contributed by atoms with van der Waals surface area (Å²) in [6, 6.07) is 9.86. The van der Waals surface area contributed by atoms with Crippen LogP contribution < -0.4 is 19.7 Å². The van der Waals surface area contributed by atoms with Crippen LogP contribution in [0.1, 0.15) is 5.56 Å². The summed E-state index contributed by atoms with van der Waals surface area (Å²) in [5, 5.41) is 3.40. The van der Waals surface area contributed by atoms with Gasteiger partial charge in [-0.3, -0.25) is 4.79 Å². The number of rotatable bonds is 7. The van der Waals surface area contributed by atoms with Gasteiger partial charge < -0.3 is 24.6 Å². The number of nitrogens with zero attached hydrogens (tertiary/aromatic N) is 2. The van der Waals surface area contributed by atoms with Crippen LogP contribution in [0.15, 0.2) is 42.5 Å². The summed E-state index contributed by atoms with van der Waals surface area (Å²) in [5.41, 5.74) is 2.14. The lowest BCUT2D eigenvalue weighted by Gasteiger charge is -2.35. The zero-order chi connectivity index (χ0) is 22.4. The molecule has 0 spiro atoms. The van der Waals surface area contributed by atoms with E-state index in [1.54, 1.807) is 24.3 Å². The number of nitrogens with one attached hydrogen (secondary N) is 1. The van der Waals surface area contributed by atoms with E-state index in [-0.39, 0.29) is 17.4 Å². The second-order valence-electron chi connectivity index (χ2n) is 7.06. The maximum absolute atomic E-state index is 12.5. The zero-order valence-corrected chi connectivity index (χ0v) is 18.0. The first-order chi connectivity index (χ1) is 14.9. The number of carbonyl (C=O) groups is 1. The molecule has 1 aliphatic rings. The van der Waals surface area contributed by atoms with Gasteiger partial charge in [0.15, 0.2) is 11.5 Å². The van der Waals surface area contributed by atoms with Crippen molar-refractivity contribution >= 4 is 35.0 Å². The molecule has 31 heavy (non-hydrogen) atoms. The fraction of sp³-hybridized carbons (Fsp3) is 0.318. The first-order valence-corrected chi connectivity index (χ1v) is 10.1. The summed E-state index contributed by atoms with van der Waals surface area (Å²) in [5.74, 6) is -0.269. The van der Waals surface area contributed by atoms with E-state index in [0.29, 0.717) is 16.3 Å². The van der Waals surface area contributed by atoms with Gasteiger partial charge in [0.2, 0.25) is 5.91 Å². The highest BCUT2D eigenvalue weighted by atomic mass is 35.5. The molecule has 0 atom stereocenters. The molecule has 1 fully saturated rings. The highest BCUT2D eigenvalue weighted by molar-refractivity contribution is 6.31. The Morgan fingerprint density at radius 3 is 2.55 bits per heavy atom. The van der Waals surface area contributed by atoms with Crippen molar-refractivity contribution in [3.63, 3.8) is 0 Å². The third-order valence-electron chi connectivity index (χ3n) is 4.89. The van der Waals surface area contributed by atoms with Crippen LogP contribution in [0.2, 0.25) is 5.02 Å². The van der Waals surface area contributed by atoms with Crippen LogP contribution >= 0.6 is 11.6 Å². The van der Waals surface area contributed by atoms with Gasteiger partial charge in [0, 0.05) is 37.3 Å². The van der Waals surface area contributed by atoms with Crippen molar-refractivity contribution in [2.45, 2.75) is 6.61 Å². The molecule has 0 radical (unpaired) electrons. The summed E-state index contributed by atoms with van der Waals surface area (Å²) < 4.78 is 34.4. The van der Waals surface area contributed by atoms with Crippen molar-refractivity contribution in [3.05, 3.63) is 53.1 Å².